The first kappa shape index (κ1) is 14.6. The average molecular weight is 297 g/mol. The average Bonchev–Trinajstić information content (AvgIpc) is 2.91. The molecule has 1 amide bonds. The highest BCUT2D eigenvalue weighted by molar-refractivity contribution is 8.77. The zero-order chi connectivity index (χ0) is 13.5. The van der Waals surface area contributed by atoms with Crippen LogP contribution < -0.4 is 5.32 Å². The molecule has 0 radical (unpaired) electrons. The summed E-state index contributed by atoms with van der Waals surface area (Å²) in [6.07, 6.45) is 5.06. The summed E-state index contributed by atoms with van der Waals surface area (Å²) in [5, 5.41) is 13.1. The van der Waals surface area contributed by atoms with Gasteiger partial charge < -0.3 is 10.4 Å². The summed E-state index contributed by atoms with van der Waals surface area (Å²) in [4.78, 5) is 11.7. The smallest absolute Gasteiger partial charge is 0.224 e. The van der Waals surface area contributed by atoms with Crippen molar-refractivity contribution in [3.05, 3.63) is 24.3 Å². The first-order valence-corrected chi connectivity index (χ1v) is 9.00. The Morgan fingerprint density at radius 2 is 2.21 bits per heavy atom. The van der Waals surface area contributed by atoms with Gasteiger partial charge in [-0.1, -0.05) is 40.1 Å². The van der Waals surface area contributed by atoms with Gasteiger partial charge >= 0.3 is 0 Å². The van der Waals surface area contributed by atoms with E-state index in [1.807, 2.05) is 21.6 Å². The summed E-state index contributed by atoms with van der Waals surface area (Å²) in [5.74, 6) is 1.37. The molecule has 1 heterocycles. The van der Waals surface area contributed by atoms with Crippen molar-refractivity contribution in [1.82, 2.24) is 0 Å². The molecule has 1 saturated heterocycles. The van der Waals surface area contributed by atoms with Crippen LogP contribution in [0.15, 0.2) is 24.3 Å². The van der Waals surface area contributed by atoms with Gasteiger partial charge in [-0.3, -0.25) is 4.79 Å². The zero-order valence-corrected chi connectivity index (χ0v) is 12.4. The molecule has 1 atom stereocenters. The fraction of sp³-hybridized carbons (Fsp3) is 0.500. The lowest BCUT2D eigenvalue weighted by Gasteiger charge is -2.08. The molecule has 5 heteroatoms. The Bertz CT molecular complexity index is 420. The van der Waals surface area contributed by atoms with Gasteiger partial charge in [-0.15, -0.1) is 0 Å². The Morgan fingerprint density at radius 1 is 1.37 bits per heavy atom. The summed E-state index contributed by atoms with van der Waals surface area (Å²) in [5.41, 5.74) is 0.496. The predicted molar refractivity (Wildman–Crippen MR) is 83.7 cm³/mol. The van der Waals surface area contributed by atoms with E-state index in [-0.39, 0.29) is 11.7 Å². The molecule has 104 valence electrons. The van der Waals surface area contributed by atoms with Crippen LogP contribution in [-0.2, 0) is 4.79 Å². The van der Waals surface area contributed by atoms with E-state index in [1.54, 1.807) is 24.3 Å². The second-order valence-electron chi connectivity index (χ2n) is 4.64. The van der Waals surface area contributed by atoms with Crippen LogP contribution in [0.2, 0.25) is 0 Å². The summed E-state index contributed by atoms with van der Waals surface area (Å²) >= 11 is 0. The summed E-state index contributed by atoms with van der Waals surface area (Å²) in [6, 6.07) is 6.82. The molecule has 0 bridgehead atoms. The largest absolute Gasteiger partial charge is 0.506 e. The monoisotopic (exact) mass is 297 g/mol. The molecule has 1 fully saturated rings. The third kappa shape index (κ3) is 4.99. The number of phenolic OH excluding ortho intramolecular Hbond substituents is 1. The molecule has 1 aliphatic rings. The number of benzene rings is 1. The highest BCUT2D eigenvalue weighted by Crippen LogP contribution is 2.39. The topological polar surface area (TPSA) is 49.3 Å². The minimum atomic E-state index is -0.0186. The van der Waals surface area contributed by atoms with Crippen molar-refractivity contribution >= 4 is 33.2 Å². The molecule has 2 N–H and O–H groups in total. The number of phenols is 1. The number of nitrogens with one attached hydrogen (secondary N) is 1. The Morgan fingerprint density at radius 3 is 2.95 bits per heavy atom. The first-order chi connectivity index (χ1) is 9.25. The molecule has 1 aromatic carbocycles. The van der Waals surface area contributed by atoms with E-state index in [1.165, 1.54) is 18.6 Å². The molecule has 0 spiro atoms. The van der Waals surface area contributed by atoms with Crippen molar-refractivity contribution in [2.75, 3.05) is 11.1 Å². The van der Waals surface area contributed by atoms with E-state index in [9.17, 15) is 9.90 Å². The van der Waals surface area contributed by atoms with Crippen molar-refractivity contribution in [2.24, 2.45) is 0 Å². The third-order valence-electron chi connectivity index (χ3n) is 3.09. The zero-order valence-electron chi connectivity index (χ0n) is 10.8. The number of anilines is 1. The van der Waals surface area contributed by atoms with E-state index in [2.05, 4.69) is 5.32 Å². The van der Waals surface area contributed by atoms with Crippen LogP contribution in [0.25, 0.3) is 0 Å². The van der Waals surface area contributed by atoms with Crippen LogP contribution in [0.1, 0.15) is 32.1 Å². The Kier molecular flexibility index (Phi) is 5.92. The molecule has 1 aromatic rings. The fourth-order valence-corrected chi connectivity index (χ4v) is 5.04. The molecule has 0 aromatic heterocycles. The summed E-state index contributed by atoms with van der Waals surface area (Å²) in [6.45, 7) is 0. The van der Waals surface area contributed by atoms with Crippen LogP contribution in [0.3, 0.4) is 0 Å². The van der Waals surface area contributed by atoms with E-state index in [0.717, 1.165) is 18.1 Å². The SMILES string of the molecule is O=C(CCCCC1CCSS1)Nc1ccccc1O. The van der Waals surface area contributed by atoms with Crippen LogP contribution in [0.5, 0.6) is 5.75 Å². The Labute approximate surface area is 121 Å². The second kappa shape index (κ2) is 7.70. The lowest BCUT2D eigenvalue weighted by atomic mass is 10.1. The molecular weight excluding hydrogens is 278 g/mol. The van der Waals surface area contributed by atoms with E-state index in [4.69, 9.17) is 0 Å². The highest BCUT2D eigenvalue weighted by atomic mass is 33.1. The molecule has 0 aliphatic carbocycles. The Balaban J connectivity index is 1.63. The van der Waals surface area contributed by atoms with Gasteiger partial charge in [0.2, 0.25) is 5.91 Å². The van der Waals surface area contributed by atoms with Gasteiger partial charge in [-0.05, 0) is 31.4 Å². The maximum absolute atomic E-state index is 11.7. The van der Waals surface area contributed by atoms with Gasteiger partial charge in [0.1, 0.15) is 5.75 Å². The first-order valence-electron chi connectivity index (χ1n) is 6.62. The van der Waals surface area contributed by atoms with Crippen molar-refractivity contribution in [2.45, 2.75) is 37.4 Å². The standard InChI is InChI=1S/C14H19NO2S2/c16-13-7-3-2-6-12(13)15-14(17)8-4-1-5-11-9-10-18-19-11/h2-3,6-7,11,16H,1,4-5,8-10H2,(H,15,17). The highest BCUT2D eigenvalue weighted by Gasteiger charge is 2.15. The summed E-state index contributed by atoms with van der Waals surface area (Å²) < 4.78 is 0. The number of carbonyl (C=O) groups is 1. The van der Waals surface area contributed by atoms with Gasteiger partial charge in [0, 0.05) is 17.4 Å². The summed E-state index contributed by atoms with van der Waals surface area (Å²) in [7, 11) is 3.95. The maximum Gasteiger partial charge on any atom is 0.224 e. The maximum atomic E-state index is 11.7. The van der Waals surface area contributed by atoms with Gasteiger partial charge in [0.15, 0.2) is 0 Å². The van der Waals surface area contributed by atoms with Crippen molar-refractivity contribution in [3.8, 4) is 5.75 Å². The van der Waals surface area contributed by atoms with Gasteiger partial charge in [0.05, 0.1) is 5.69 Å². The fourth-order valence-electron chi connectivity index (χ4n) is 2.01. The number of carbonyl (C=O) groups excluding carboxylic acids is 1. The van der Waals surface area contributed by atoms with Gasteiger partial charge in [0.25, 0.3) is 0 Å². The van der Waals surface area contributed by atoms with Crippen molar-refractivity contribution in [3.63, 3.8) is 0 Å². The molecule has 0 saturated carbocycles. The van der Waals surface area contributed by atoms with Crippen LogP contribution in [0.4, 0.5) is 5.69 Å². The number of rotatable bonds is 6. The van der Waals surface area contributed by atoms with E-state index >= 15 is 0 Å². The third-order valence-corrected chi connectivity index (χ3v) is 6.09. The molecular formula is C14H19NO2S2. The molecule has 2 rings (SSSR count). The van der Waals surface area contributed by atoms with Gasteiger partial charge in [-0.2, -0.15) is 0 Å². The number of aromatic hydroxyl groups is 1. The predicted octanol–water partition coefficient (Wildman–Crippen LogP) is 4.04. The van der Waals surface area contributed by atoms with Crippen LogP contribution in [-0.4, -0.2) is 22.0 Å². The number of unbranched alkanes of at least 4 members (excludes halogenated alkanes) is 1. The number of para-hydroxylation sites is 2. The van der Waals surface area contributed by atoms with Crippen molar-refractivity contribution in [1.29, 1.82) is 0 Å². The quantitative estimate of drug-likeness (QED) is 0.472. The minimum Gasteiger partial charge on any atom is -0.506 e. The van der Waals surface area contributed by atoms with Gasteiger partial charge in [-0.25, -0.2) is 0 Å². The lowest BCUT2D eigenvalue weighted by molar-refractivity contribution is -0.116. The van der Waals surface area contributed by atoms with E-state index < -0.39 is 0 Å². The number of hydrogen-bond donors (Lipinski definition) is 2. The number of amides is 1. The lowest BCUT2D eigenvalue weighted by Crippen LogP contribution is -2.11. The second-order valence-corrected chi connectivity index (χ2v) is 7.43. The number of hydrogen-bond acceptors (Lipinski definition) is 4. The normalized spacial score (nSPS) is 18.4. The molecule has 1 unspecified atom stereocenters. The Hall–Kier alpha value is -0.810. The van der Waals surface area contributed by atoms with Crippen LogP contribution in [0, 0.1) is 0 Å². The molecule has 1 aliphatic heterocycles. The van der Waals surface area contributed by atoms with E-state index in [0.29, 0.717) is 12.1 Å². The molecule has 19 heavy (non-hydrogen) atoms. The van der Waals surface area contributed by atoms with Crippen LogP contribution >= 0.6 is 21.6 Å². The molecule has 3 nitrogen and oxygen atoms in total. The minimum absolute atomic E-state index is 0.0186. The van der Waals surface area contributed by atoms with Crippen molar-refractivity contribution < 1.29 is 9.90 Å².